The fraction of sp³-hybridized carbons (Fsp3) is 0.647. The molecule has 0 aliphatic rings. The van der Waals surface area contributed by atoms with Crippen LogP contribution in [0, 0.1) is 6.92 Å². The summed E-state index contributed by atoms with van der Waals surface area (Å²) < 4.78 is 11.0. The second-order valence-electron chi connectivity index (χ2n) is 6.26. The van der Waals surface area contributed by atoms with Gasteiger partial charge in [-0.25, -0.2) is 0 Å². The number of unbranched alkanes of at least 4 members (excludes halogenated alkanes) is 1. The van der Waals surface area contributed by atoms with Gasteiger partial charge in [0.15, 0.2) is 0 Å². The lowest BCUT2D eigenvalue weighted by molar-refractivity contribution is 0.184. The first-order valence-corrected chi connectivity index (χ1v) is 7.38. The second-order valence-corrected chi connectivity index (χ2v) is 6.26. The van der Waals surface area contributed by atoms with Crippen LogP contribution >= 0.6 is 0 Å². The van der Waals surface area contributed by atoms with Crippen molar-refractivity contribution in [3.63, 3.8) is 0 Å². The molecule has 0 unspecified atom stereocenters. The molecule has 0 saturated heterocycles. The number of ether oxygens (including phenoxy) is 2. The Bertz CT molecular complexity index is 396. The maximum absolute atomic E-state index is 5.91. The summed E-state index contributed by atoms with van der Waals surface area (Å²) >= 11 is 0. The van der Waals surface area contributed by atoms with Crippen LogP contribution in [0.1, 0.15) is 44.7 Å². The van der Waals surface area contributed by atoms with Crippen molar-refractivity contribution in [2.24, 2.45) is 0 Å². The average Bonchev–Trinajstić information content (AvgIpc) is 2.37. The smallest absolute Gasteiger partial charge is 0.123 e. The molecule has 0 saturated carbocycles. The molecular weight excluding hydrogens is 250 g/mol. The van der Waals surface area contributed by atoms with Gasteiger partial charge >= 0.3 is 0 Å². The number of hydrogen-bond acceptors (Lipinski definition) is 3. The van der Waals surface area contributed by atoms with Crippen LogP contribution in [0.4, 0.5) is 0 Å². The van der Waals surface area contributed by atoms with E-state index >= 15 is 0 Å². The van der Waals surface area contributed by atoms with E-state index in [2.05, 4.69) is 51.2 Å². The number of rotatable bonds is 8. The highest BCUT2D eigenvalue weighted by Gasteiger charge is 2.11. The lowest BCUT2D eigenvalue weighted by atomic mass is 10.1. The molecule has 0 aromatic heterocycles. The summed E-state index contributed by atoms with van der Waals surface area (Å²) in [4.78, 5) is 0. The lowest BCUT2D eigenvalue weighted by Crippen LogP contribution is -2.35. The highest BCUT2D eigenvalue weighted by molar-refractivity contribution is 5.36. The summed E-state index contributed by atoms with van der Waals surface area (Å²) in [5, 5.41) is 3.52. The van der Waals surface area contributed by atoms with Crippen molar-refractivity contribution in [2.45, 2.75) is 52.6 Å². The molecule has 3 nitrogen and oxygen atoms in total. The van der Waals surface area contributed by atoms with Gasteiger partial charge in [-0.15, -0.1) is 0 Å². The van der Waals surface area contributed by atoms with Crippen molar-refractivity contribution in [3.05, 3.63) is 29.3 Å². The molecule has 20 heavy (non-hydrogen) atoms. The van der Waals surface area contributed by atoms with Gasteiger partial charge in [0.05, 0.1) is 6.61 Å². The van der Waals surface area contributed by atoms with Crippen LogP contribution in [0.2, 0.25) is 0 Å². The number of hydrogen-bond donors (Lipinski definition) is 1. The minimum Gasteiger partial charge on any atom is -0.493 e. The normalized spacial score (nSPS) is 11.7. The van der Waals surface area contributed by atoms with E-state index in [-0.39, 0.29) is 5.54 Å². The molecule has 0 radical (unpaired) electrons. The Hall–Kier alpha value is -1.06. The third kappa shape index (κ3) is 6.92. The van der Waals surface area contributed by atoms with Crippen LogP contribution in [-0.4, -0.2) is 25.9 Å². The van der Waals surface area contributed by atoms with Crippen molar-refractivity contribution >= 4 is 0 Å². The Labute approximate surface area is 123 Å². The molecule has 0 aliphatic carbocycles. The largest absolute Gasteiger partial charge is 0.493 e. The fourth-order valence-electron chi connectivity index (χ4n) is 1.88. The zero-order chi connectivity index (χ0) is 15.0. The van der Waals surface area contributed by atoms with Gasteiger partial charge in [-0.3, -0.25) is 0 Å². The number of methoxy groups -OCH3 is 1. The first kappa shape index (κ1) is 17.0. The quantitative estimate of drug-likeness (QED) is 0.736. The minimum atomic E-state index is 0.111. The van der Waals surface area contributed by atoms with Gasteiger partial charge in [0, 0.05) is 31.4 Å². The van der Waals surface area contributed by atoms with Gasteiger partial charge in [-0.2, -0.15) is 0 Å². The third-order valence-electron chi connectivity index (χ3n) is 3.03. The van der Waals surface area contributed by atoms with E-state index < -0.39 is 0 Å². The van der Waals surface area contributed by atoms with E-state index in [1.165, 1.54) is 11.1 Å². The van der Waals surface area contributed by atoms with E-state index in [4.69, 9.17) is 9.47 Å². The molecule has 114 valence electrons. The Morgan fingerprint density at radius 2 is 1.80 bits per heavy atom. The molecule has 1 rings (SSSR count). The second kappa shape index (κ2) is 8.28. The van der Waals surface area contributed by atoms with Crippen LogP contribution in [0.5, 0.6) is 5.75 Å². The highest BCUT2D eigenvalue weighted by Crippen LogP contribution is 2.21. The molecule has 1 N–H and O–H groups in total. The average molecular weight is 279 g/mol. The highest BCUT2D eigenvalue weighted by atomic mass is 16.5. The third-order valence-corrected chi connectivity index (χ3v) is 3.03. The molecule has 1 aromatic rings. The zero-order valence-corrected chi connectivity index (χ0v) is 13.6. The molecule has 0 atom stereocenters. The summed E-state index contributed by atoms with van der Waals surface area (Å²) in [6.45, 7) is 11.0. The van der Waals surface area contributed by atoms with Gasteiger partial charge in [0.2, 0.25) is 0 Å². The van der Waals surface area contributed by atoms with E-state index in [1.54, 1.807) is 7.11 Å². The molecule has 0 amide bonds. The Balaban J connectivity index is 2.56. The summed E-state index contributed by atoms with van der Waals surface area (Å²) in [6, 6.07) is 6.37. The molecule has 0 bridgehead atoms. The number of nitrogens with one attached hydrogen (secondary N) is 1. The topological polar surface area (TPSA) is 30.5 Å². The summed E-state index contributed by atoms with van der Waals surface area (Å²) in [5.41, 5.74) is 2.61. The van der Waals surface area contributed by atoms with E-state index in [0.29, 0.717) is 0 Å². The first-order valence-electron chi connectivity index (χ1n) is 7.38. The first-order chi connectivity index (χ1) is 9.42. The molecule has 0 heterocycles. The van der Waals surface area contributed by atoms with E-state index in [1.807, 2.05) is 0 Å². The lowest BCUT2D eigenvalue weighted by Gasteiger charge is -2.22. The predicted molar refractivity (Wildman–Crippen MR) is 84.4 cm³/mol. The predicted octanol–water partition coefficient (Wildman–Crippen LogP) is 3.69. The van der Waals surface area contributed by atoms with Crippen LogP contribution in [-0.2, 0) is 11.3 Å². The van der Waals surface area contributed by atoms with E-state index in [9.17, 15) is 0 Å². The maximum Gasteiger partial charge on any atom is 0.123 e. The van der Waals surface area contributed by atoms with E-state index in [0.717, 1.165) is 38.3 Å². The maximum atomic E-state index is 5.91. The van der Waals surface area contributed by atoms with Gasteiger partial charge in [0.25, 0.3) is 0 Å². The van der Waals surface area contributed by atoms with Crippen LogP contribution in [0.3, 0.4) is 0 Å². The molecule has 0 spiro atoms. The molecule has 0 fully saturated rings. The Morgan fingerprint density at radius 3 is 2.45 bits per heavy atom. The Morgan fingerprint density at radius 1 is 1.10 bits per heavy atom. The summed E-state index contributed by atoms with van der Waals surface area (Å²) in [6.07, 6.45) is 2.06. The standard InChI is InChI=1S/C17H29NO2/c1-14-8-9-16(20-11-7-6-10-19-5)15(12-14)13-18-17(2,3)4/h8-9,12,18H,6-7,10-11,13H2,1-5H3. The van der Waals surface area contributed by atoms with Crippen LogP contribution < -0.4 is 10.1 Å². The molecule has 3 heteroatoms. The minimum absolute atomic E-state index is 0.111. The van der Waals surface area contributed by atoms with Crippen LogP contribution in [0.15, 0.2) is 18.2 Å². The van der Waals surface area contributed by atoms with Gasteiger partial charge < -0.3 is 14.8 Å². The molecule has 1 aromatic carbocycles. The SMILES string of the molecule is COCCCCOc1ccc(C)cc1CNC(C)(C)C. The molecule has 0 aliphatic heterocycles. The summed E-state index contributed by atoms with van der Waals surface area (Å²) in [5.74, 6) is 0.991. The van der Waals surface area contributed by atoms with Crippen LogP contribution in [0.25, 0.3) is 0 Å². The number of aryl methyl sites for hydroxylation is 1. The van der Waals surface area contributed by atoms with Crippen molar-refractivity contribution in [3.8, 4) is 5.75 Å². The zero-order valence-electron chi connectivity index (χ0n) is 13.6. The van der Waals surface area contributed by atoms with Crippen molar-refractivity contribution in [2.75, 3.05) is 20.3 Å². The molecular formula is C17H29NO2. The van der Waals surface area contributed by atoms with Crippen molar-refractivity contribution in [1.29, 1.82) is 0 Å². The fourth-order valence-corrected chi connectivity index (χ4v) is 1.88. The summed E-state index contributed by atoms with van der Waals surface area (Å²) in [7, 11) is 1.73. The van der Waals surface area contributed by atoms with Gasteiger partial charge in [-0.05, 0) is 46.6 Å². The Kier molecular flexibility index (Phi) is 7.03. The van der Waals surface area contributed by atoms with Gasteiger partial charge in [0.1, 0.15) is 5.75 Å². The monoisotopic (exact) mass is 279 g/mol. The van der Waals surface area contributed by atoms with Crippen molar-refractivity contribution in [1.82, 2.24) is 5.32 Å². The van der Waals surface area contributed by atoms with Gasteiger partial charge in [-0.1, -0.05) is 17.7 Å². The van der Waals surface area contributed by atoms with Crippen molar-refractivity contribution < 1.29 is 9.47 Å². The number of benzene rings is 1.